The lowest BCUT2D eigenvalue weighted by atomic mass is 9.88. The second-order valence-corrected chi connectivity index (χ2v) is 10.1. The van der Waals surface area contributed by atoms with E-state index in [9.17, 15) is 37.7 Å². The third-order valence-corrected chi connectivity index (χ3v) is 7.39. The van der Waals surface area contributed by atoms with Gasteiger partial charge in [0, 0.05) is 49.1 Å². The van der Waals surface area contributed by atoms with Gasteiger partial charge < -0.3 is 30.3 Å². The van der Waals surface area contributed by atoms with Crippen LogP contribution in [-0.2, 0) is 38.5 Å². The number of nitrogens with zero attached hydrogens (tertiary/aromatic N) is 2. The number of allylic oxidation sites excluding steroid dienone is 1. The molecule has 1 heterocycles. The Bertz CT molecular complexity index is 1360. The summed E-state index contributed by atoms with van der Waals surface area (Å²) in [7, 11) is -1.48. The van der Waals surface area contributed by atoms with Crippen molar-refractivity contribution >= 4 is 45.0 Å². The van der Waals surface area contributed by atoms with Crippen molar-refractivity contribution in [3.05, 3.63) is 68.9 Å². The predicted molar refractivity (Wildman–Crippen MR) is 140 cm³/mol. The number of sulfone groups is 1. The molecule has 0 spiro atoms. The van der Waals surface area contributed by atoms with Gasteiger partial charge in [-0.3, -0.25) is 10.1 Å². The number of esters is 2. The first-order chi connectivity index (χ1) is 18.6. The molecule has 0 aliphatic carbocycles. The molecule has 0 amide bonds. The van der Waals surface area contributed by atoms with Gasteiger partial charge in [0.25, 0.3) is 5.69 Å². The average Bonchev–Trinajstić information content (AvgIpc) is 2.88. The average molecular weight is 584 g/mol. The van der Waals surface area contributed by atoms with E-state index < -0.39 is 49.8 Å². The second kappa shape index (κ2) is 14.5. The third kappa shape index (κ3) is 8.21. The predicted octanol–water partition coefficient (Wildman–Crippen LogP) is 0.715. The zero-order valence-corrected chi connectivity index (χ0v) is 22.8. The summed E-state index contributed by atoms with van der Waals surface area (Å²) in [4.78, 5) is 56.9. The van der Waals surface area contributed by atoms with Crippen LogP contribution < -0.4 is 5.73 Å². The molecule has 1 atom stereocenters. The number of non-ortho nitro benzene ring substituents is 1. The SMILES string of the molecule is CCOC(=O)C1=C(c2cccc([N+](=O)[O-])c2)C(C(=O)OC)=C(C)N(C)C1S(=O)(=O)CCN.O=C(O)C=CC(=O)O. The van der Waals surface area contributed by atoms with Gasteiger partial charge in [-0.15, -0.1) is 0 Å². The summed E-state index contributed by atoms with van der Waals surface area (Å²) in [5, 5.41) is 25.4. The minimum absolute atomic E-state index is 0.0613. The van der Waals surface area contributed by atoms with Gasteiger partial charge >= 0.3 is 23.9 Å². The highest BCUT2D eigenvalue weighted by atomic mass is 32.2. The number of likely N-dealkylation sites (N-methyl/N-ethyl adjacent to an activating group) is 1. The maximum atomic E-state index is 13.1. The van der Waals surface area contributed by atoms with Crippen LogP contribution in [0.15, 0.2) is 53.3 Å². The largest absolute Gasteiger partial charge is 0.478 e. The molecular weight excluding hydrogens is 554 g/mol. The van der Waals surface area contributed by atoms with Crippen molar-refractivity contribution in [1.29, 1.82) is 0 Å². The van der Waals surface area contributed by atoms with Crippen molar-refractivity contribution in [3.63, 3.8) is 0 Å². The monoisotopic (exact) mass is 583 g/mol. The summed E-state index contributed by atoms with van der Waals surface area (Å²) in [6.07, 6.45) is 1.12. The molecular formula is C24H29N3O12S. The first-order valence-electron chi connectivity index (χ1n) is 11.4. The quantitative estimate of drug-likeness (QED) is 0.149. The highest BCUT2D eigenvalue weighted by molar-refractivity contribution is 7.92. The molecule has 1 aromatic carbocycles. The number of nitro groups is 1. The first kappa shape index (κ1) is 33.5. The molecule has 0 radical (unpaired) electrons. The molecule has 0 fully saturated rings. The molecule has 1 aliphatic rings. The fraction of sp³-hybridized carbons (Fsp3) is 0.333. The van der Waals surface area contributed by atoms with E-state index in [1.165, 1.54) is 37.1 Å². The van der Waals surface area contributed by atoms with Crippen LogP contribution in [0.1, 0.15) is 19.4 Å². The number of methoxy groups -OCH3 is 1. The van der Waals surface area contributed by atoms with Crippen molar-refractivity contribution in [2.75, 3.05) is 33.1 Å². The maximum absolute atomic E-state index is 13.1. The number of rotatable bonds is 10. The summed E-state index contributed by atoms with van der Waals surface area (Å²) in [6, 6.07) is 5.20. The Morgan fingerprint density at radius 1 is 1.15 bits per heavy atom. The smallest absolute Gasteiger partial charge is 0.340 e. The molecule has 218 valence electrons. The highest BCUT2D eigenvalue weighted by Gasteiger charge is 2.45. The summed E-state index contributed by atoms with van der Waals surface area (Å²) in [6.45, 7) is 2.79. The van der Waals surface area contributed by atoms with E-state index in [0.29, 0.717) is 12.2 Å². The van der Waals surface area contributed by atoms with E-state index in [2.05, 4.69) is 0 Å². The fourth-order valence-electron chi connectivity index (χ4n) is 3.66. The van der Waals surface area contributed by atoms with Crippen LogP contribution in [0.5, 0.6) is 0 Å². The van der Waals surface area contributed by atoms with Crippen molar-refractivity contribution in [2.45, 2.75) is 19.2 Å². The lowest BCUT2D eigenvalue weighted by Crippen LogP contribution is -2.47. The Hall–Kier alpha value is -4.57. The van der Waals surface area contributed by atoms with Gasteiger partial charge in [-0.05, 0) is 19.4 Å². The zero-order valence-electron chi connectivity index (χ0n) is 22.0. The minimum Gasteiger partial charge on any atom is -0.478 e. The van der Waals surface area contributed by atoms with Crippen LogP contribution in [0.25, 0.3) is 5.57 Å². The molecule has 1 aliphatic heterocycles. The van der Waals surface area contributed by atoms with Crippen LogP contribution in [-0.4, -0.2) is 90.8 Å². The second-order valence-electron chi connectivity index (χ2n) is 7.90. The number of aliphatic carboxylic acids is 2. The number of carboxylic acid groups (broad SMARTS) is 2. The number of ether oxygens (including phenoxy) is 2. The van der Waals surface area contributed by atoms with E-state index in [-0.39, 0.29) is 46.8 Å². The van der Waals surface area contributed by atoms with Gasteiger partial charge in [-0.2, -0.15) is 0 Å². The number of carbonyl (C=O) groups excluding carboxylic acids is 2. The molecule has 1 unspecified atom stereocenters. The van der Waals surface area contributed by atoms with Crippen LogP contribution in [0.2, 0.25) is 0 Å². The van der Waals surface area contributed by atoms with E-state index in [4.69, 9.17) is 25.4 Å². The molecule has 0 saturated heterocycles. The van der Waals surface area contributed by atoms with Crippen LogP contribution in [0.4, 0.5) is 5.69 Å². The van der Waals surface area contributed by atoms with Gasteiger partial charge in [0.15, 0.2) is 15.2 Å². The Morgan fingerprint density at radius 2 is 1.73 bits per heavy atom. The normalized spacial score (nSPS) is 15.3. The van der Waals surface area contributed by atoms with Gasteiger partial charge in [-0.1, -0.05) is 12.1 Å². The summed E-state index contributed by atoms with van der Waals surface area (Å²) >= 11 is 0. The van der Waals surface area contributed by atoms with Crippen LogP contribution >= 0.6 is 0 Å². The number of carboxylic acids is 2. The summed E-state index contributed by atoms with van der Waals surface area (Å²) < 4.78 is 36.3. The summed E-state index contributed by atoms with van der Waals surface area (Å²) in [5.41, 5.74) is 4.95. The van der Waals surface area contributed by atoms with Gasteiger partial charge in [0.1, 0.15) is 0 Å². The molecule has 4 N–H and O–H groups in total. The van der Waals surface area contributed by atoms with Crippen molar-refractivity contribution in [1.82, 2.24) is 4.90 Å². The molecule has 40 heavy (non-hydrogen) atoms. The van der Waals surface area contributed by atoms with Gasteiger partial charge in [-0.25, -0.2) is 27.6 Å². The minimum atomic E-state index is -4.03. The summed E-state index contributed by atoms with van der Waals surface area (Å²) in [5.74, 6) is -4.76. The van der Waals surface area contributed by atoms with E-state index in [1.807, 2.05) is 0 Å². The Kier molecular flexibility index (Phi) is 12.2. The number of benzene rings is 1. The Labute approximate surface area is 229 Å². The fourth-order valence-corrected chi connectivity index (χ4v) is 5.43. The molecule has 2 rings (SSSR count). The van der Waals surface area contributed by atoms with Crippen molar-refractivity contribution in [2.24, 2.45) is 5.73 Å². The van der Waals surface area contributed by atoms with Crippen LogP contribution in [0, 0.1) is 10.1 Å². The standard InChI is InChI=1S/C20H25N3O8S.C4H4O4/c1-5-31-20(25)17-16(13-7-6-8-14(11-13)23(26)27)15(19(24)30-4)12(2)22(3)18(17)32(28,29)10-9-21;5-3(6)1-2-4(7)8/h6-8,11,18H,5,9-10,21H2,1-4H3;1-2H,(H,5,6)(H,7,8). The third-order valence-electron chi connectivity index (χ3n) is 5.35. The molecule has 16 heteroatoms. The first-order valence-corrected chi connectivity index (χ1v) is 13.1. The van der Waals surface area contributed by atoms with E-state index in [0.717, 1.165) is 13.2 Å². The molecule has 1 aromatic rings. The van der Waals surface area contributed by atoms with Gasteiger partial charge in [0.05, 0.1) is 35.5 Å². The molecule has 0 bridgehead atoms. The number of hydrogen-bond acceptors (Lipinski definition) is 12. The molecule has 0 saturated carbocycles. The van der Waals surface area contributed by atoms with Crippen LogP contribution in [0.3, 0.4) is 0 Å². The highest BCUT2D eigenvalue weighted by Crippen LogP contribution is 2.41. The number of hydrogen-bond donors (Lipinski definition) is 3. The lowest BCUT2D eigenvalue weighted by Gasteiger charge is -2.37. The Morgan fingerprint density at radius 3 is 2.17 bits per heavy atom. The molecule has 0 aromatic heterocycles. The van der Waals surface area contributed by atoms with Crippen molar-refractivity contribution in [3.8, 4) is 0 Å². The zero-order chi connectivity index (χ0) is 30.8. The van der Waals surface area contributed by atoms with E-state index in [1.54, 1.807) is 6.92 Å². The maximum Gasteiger partial charge on any atom is 0.340 e. The number of nitrogens with two attached hydrogens (primary N) is 1. The van der Waals surface area contributed by atoms with Crippen molar-refractivity contribution < 1.29 is 52.2 Å². The topological polar surface area (TPSA) is 234 Å². The van der Waals surface area contributed by atoms with E-state index >= 15 is 0 Å². The van der Waals surface area contributed by atoms with Gasteiger partial charge in [0.2, 0.25) is 0 Å². The lowest BCUT2D eigenvalue weighted by molar-refractivity contribution is -0.384. The Balaban J connectivity index is 0.000000869. The molecule has 15 nitrogen and oxygen atoms in total. The number of nitro benzene ring substituents is 1. The number of carbonyl (C=O) groups is 4.